The summed E-state index contributed by atoms with van der Waals surface area (Å²) < 4.78 is 0. The SMILES string of the molecule is C[C@@H](Nc1ncccc1NCC(N)CS)c1ccccc1. The van der Waals surface area contributed by atoms with Crippen LogP contribution in [0.2, 0.25) is 0 Å². The molecule has 0 aliphatic carbocycles. The lowest BCUT2D eigenvalue weighted by atomic mass is 10.1. The third-order valence-corrected chi connectivity index (χ3v) is 3.72. The molecule has 2 rings (SSSR count). The zero-order chi connectivity index (χ0) is 15.1. The van der Waals surface area contributed by atoms with Gasteiger partial charge in [-0.05, 0) is 24.6 Å². The molecule has 0 saturated heterocycles. The maximum absolute atomic E-state index is 5.88. The Hall–Kier alpha value is -1.72. The molecule has 2 aromatic rings. The van der Waals surface area contributed by atoms with Gasteiger partial charge in [-0.15, -0.1) is 0 Å². The molecule has 1 aromatic heterocycles. The Bertz CT molecular complexity index is 547. The molecule has 112 valence electrons. The zero-order valence-corrected chi connectivity index (χ0v) is 13.1. The van der Waals surface area contributed by atoms with Crippen LogP contribution >= 0.6 is 12.6 Å². The molecule has 0 radical (unpaired) electrons. The van der Waals surface area contributed by atoms with Crippen LogP contribution in [0.15, 0.2) is 48.7 Å². The molecule has 1 heterocycles. The largest absolute Gasteiger partial charge is 0.380 e. The Kier molecular flexibility index (Phi) is 5.90. The van der Waals surface area contributed by atoms with Crippen molar-refractivity contribution in [2.45, 2.75) is 19.0 Å². The maximum atomic E-state index is 5.88. The van der Waals surface area contributed by atoms with E-state index in [-0.39, 0.29) is 12.1 Å². The van der Waals surface area contributed by atoms with Gasteiger partial charge in [-0.3, -0.25) is 0 Å². The first-order valence-corrected chi connectivity index (χ1v) is 7.70. The van der Waals surface area contributed by atoms with Crippen LogP contribution in [0.5, 0.6) is 0 Å². The van der Waals surface area contributed by atoms with Crippen LogP contribution in [0.4, 0.5) is 11.5 Å². The van der Waals surface area contributed by atoms with Crippen LogP contribution in [0, 0.1) is 0 Å². The summed E-state index contributed by atoms with van der Waals surface area (Å²) in [5, 5.41) is 6.76. The molecule has 5 heteroatoms. The van der Waals surface area contributed by atoms with Crippen molar-refractivity contribution in [3.05, 3.63) is 54.2 Å². The Morgan fingerprint density at radius 2 is 1.95 bits per heavy atom. The lowest BCUT2D eigenvalue weighted by molar-refractivity contribution is 0.792. The van der Waals surface area contributed by atoms with Crippen molar-refractivity contribution >= 4 is 24.1 Å². The van der Waals surface area contributed by atoms with E-state index in [1.807, 2.05) is 30.3 Å². The Balaban J connectivity index is 2.06. The second kappa shape index (κ2) is 7.90. The van der Waals surface area contributed by atoms with Crippen molar-refractivity contribution in [2.75, 3.05) is 22.9 Å². The fraction of sp³-hybridized carbons (Fsp3) is 0.312. The van der Waals surface area contributed by atoms with E-state index in [0.29, 0.717) is 12.3 Å². The first-order chi connectivity index (χ1) is 10.2. The highest BCUT2D eigenvalue weighted by Crippen LogP contribution is 2.23. The molecular formula is C16H22N4S. The van der Waals surface area contributed by atoms with E-state index in [9.17, 15) is 0 Å². The van der Waals surface area contributed by atoms with Crippen molar-refractivity contribution in [2.24, 2.45) is 5.73 Å². The van der Waals surface area contributed by atoms with E-state index < -0.39 is 0 Å². The molecule has 0 bridgehead atoms. The highest BCUT2D eigenvalue weighted by atomic mass is 32.1. The van der Waals surface area contributed by atoms with Gasteiger partial charge in [0.05, 0.1) is 11.7 Å². The Morgan fingerprint density at radius 3 is 2.67 bits per heavy atom. The van der Waals surface area contributed by atoms with E-state index >= 15 is 0 Å². The fourth-order valence-corrected chi connectivity index (χ4v) is 2.13. The highest BCUT2D eigenvalue weighted by molar-refractivity contribution is 7.80. The smallest absolute Gasteiger partial charge is 0.149 e. The molecule has 0 aliphatic rings. The van der Waals surface area contributed by atoms with E-state index in [2.05, 4.69) is 47.3 Å². The van der Waals surface area contributed by atoms with Crippen LogP contribution in [-0.2, 0) is 0 Å². The van der Waals surface area contributed by atoms with Gasteiger partial charge < -0.3 is 16.4 Å². The molecule has 2 atom stereocenters. The summed E-state index contributed by atoms with van der Waals surface area (Å²) in [7, 11) is 0. The predicted octanol–water partition coefficient (Wildman–Crippen LogP) is 2.92. The number of aromatic nitrogens is 1. The predicted molar refractivity (Wildman–Crippen MR) is 93.0 cm³/mol. The summed E-state index contributed by atoms with van der Waals surface area (Å²) in [6, 6.07) is 14.4. The minimum atomic E-state index is 0.0212. The number of nitrogens with one attached hydrogen (secondary N) is 2. The average Bonchev–Trinajstić information content (AvgIpc) is 2.54. The third kappa shape index (κ3) is 4.65. The van der Waals surface area contributed by atoms with Gasteiger partial charge in [-0.1, -0.05) is 30.3 Å². The minimum Gasteiger partial charge on any atom is -0.380 e. The molecule has 4 nitrogen and oxygen atoms in total. The quantitative estimate of drug-likeness (QED) is 0.594. The number of benzene rings is 1. The molecule has 21 heavy (non-hydrogen) atoms. The van der Waals surface area contributed by atoms with Crippen LogP contribution in [0.3, 0.4) is 0 Å². The first-order valence-electron chi connectivity index (χ1n) is 7.07. The Morgan fingerprint density at radius 1 is 1.19 bits per heavy atom. The molecule has 0 saturated carbocycles. The molecule has 1 aromatic carbocycles. The number of thiol groups is 1. The summed E-state index contributed by atoms with van der Waals surface area (Å²) in [4.78, 5) is 4.41. The van der Waals surface area contributed by atoms with E-state index in [4.69, 9.17) is 5.73 Å². The number of nitrogens with two attached hydrogens (primary N) is 1. The topological polar surface area (TPSA) is 63.0 Å². The first kappa shape index (κ1) is 15.7. The molecule has 4 N–H and O–H groups in total. The number of pyridine rings is 1. The lowest BCUT2D eigenvalue weighted by Crippen LogP contribution is -2.30. The molecule has 0 amide bonds. The zero-order valence-electron chi connectivity index (χ0n) is 12.2. The monoisotopic (exact) mass is 302 g/mol. The second-order valence-corrected chi connectivity index (χ2v) is 5.36. The number of rotatable bonds is 7. The molecular weight excluding hydrogens is 280 g/mol. The van der Waals surface area contributed by atoms with Crippen LogP contribution in [0.25, 0.3) is 0 Å². The molecule has 0 spiro atoms. The minimum absolute atomic E-state index is 0.0212. The molecule has 0 fully saturated rings. The van der Waals surface area contributed by atoms with Crippen molar-refractivity contribution < 1.29 is 0 Å². The van der Waals surface area contributed by atoms with E-state index in [1.54, 1.807) is 6.20 Å². The summed E-state index contributed by atoms with van der Waals surface area (Å²) >= 11 is 4.19. The van der Waals surface area contributed by atoms with Gasteiger partial charge in [0.15, 0.2) is 0 Å². The normalized spacial score (nSPS) is 13.5. The molecule has 0 aliphatic heterocycles. The summed E-state index contributed by atoms with van der Waals surface area (Å²) in [5.74, 6) is 1.48. The van der Waals surface area contributed by atoms with Crippen molar-refractivity contribution in [3.63, 3.8) is 0 Å². The second-order valence-electron chi connectivity index (χ2n) is 5.00. The standard InChI is InChI=1S/C16H22N4S/c1-12(13-6-3-2-4-7-13)20-16-15(8-5-9-18-16)19-10-14(17)11-21/h2-9,12,14,19,21H,10-11,17H2,1H3,(H,18,20)/t12-,14?/m1/s1. The van der Waals surface area contributed by atoms with Crippen molar-refractivity contribution in [1.29, 1.82) is 0 Å². The van der Waals surface area contributed by atoms with Gasteiger partial charge in [0, 0.05) is 24.5 Å². The van der Waals surface area contributed by atoms with Crippen LogP contribution < -0.4 is 16.4 Å². The van der Waals surface area contributed by atoms with Crippen molar-refractivity contribution in [1.82, 2.24) is 4.98 Å². The number of hydrogen-bond donors (Lipinski definition) is 4. The number of anilines is 2. The summed E-state index contributed by atoms with van der Waals surface area (Å²) in [6.07, 6.45) is 1.78. The average molecular weight is 302 g/mol. The maximum Gasteiger partial charge on any atom is 0.149 e. The van der Waals surface area contributed by atoms with Gasteiger partial charge in [-0.2, -0.15) is 12.6 Å². The van der Waals surface area contributed by atoms with Crippen LogP contribution in [0.1, 0.15) is 18.5 Å². The highest BCUT2D eigenvalue weighted by Gasteiger charge is 2.09. The third-order valence-electron chi connectivity index (χ3n) is 3.25. The number of nitrogens with zero attached hydrogens (tertiary/aromatic N) is 1. The van der Waals surface area contributed by atoms with E-state index in [0.717, 1.165) is 11.5 Å². The number of hydrogen-bond acceptors (Lipinski definition) is 5. The van der Waals surface area contributed by atoms with Gasteiger partial charge in [0.25, 0.3) is 0 Å². The van der Waals surface area contributed by atoms with Gasteiger partial charge >= 0.3 is 0 Å². The van der Waals surface area contributed by atoms with Gasteiger partial charge in [0.2, 0.25) is 0 Å². The van der Waals surface area contributed by atoms with Gasteiger partial charge in [-0.25, -0.2) is 4.98 Å². The van der Waals surface area contributed by atoms with E-state index in [1.165, 1.54) is 5.56 Å². The lowest BCUT2D eigenvalue weighted by Gasteiger charge is -2.19. The molecule has 1 unspecified atom stereocenters. The summed E-state index contributed by atoms with van der Waals surface area (Å²) in [5.41, 5.74) is 8.06. The van der Waals surface area contributed by atoms with Crippen LogP contribution in [-0.4, -0.2) is 23.3 Å². The van der Waals surface area contributed by atoms with Crippen molar-refractivity contribution in [3.8, 4) is 0 Å². The fourth-order valence-electron chi connectivity index (χ4n) is 2.00. The summed E-state index contributed by atoms with van der Waals surface area (Å²) in [6.45, 7) is 2.79. The van der Waals surface area contributed by atoms with Gasteiger partial charge in [0.1, 0.15) is 5.82 Å². The Labute approximate surface area is 131 Å².